The summed E-state index contributed by atoms with van der Waals surface area (Å²) >= 11 is 1.08. The van der Waals surface area contributed by atoms with E-state index in [2.05, 4.69) is 12.2 Å². The van der Waals surface area contributed by atoms with Crippen LogP contribution in [0.5, 0.6) is 0 Å². The quantitative estimate of drug-likeness (QED) is 0.303. The Labute approximate surface area is 222 Å². The first-order valence-corrected chi connectivity index (χ1v) is 14.1. The fourth-order valence-electron chi connectivity index (χ4n) is 5.11. The summed E-state index contributed by atoms with van der Waals surface area (Å²) in [5.74, 6) is -1.33. The highest BCUT2D eigenvalue weighted by molar-refractivity contribution is 7.18. The Morgan fingerprint density at radius 2 is 1.76 bits per heavy atom. The van der Waals surface area contributed by atoms with Crippen molar-refractivity contribution in [1.82, 2.24) is 4.57 Å². The molecular weight excluding hydrogens is 488 g/mol. The molecule has 1 aliphatic carbocycles. The number of fused-ring (bicyclic) bond motifs is 1. The molecule has 1 N–H and O–H groups in total. The molecule has 0 aliphatic heterocycles. The fourth-order valence-corrected chi connectivity index (χ4v) is 6.19. The van der Waals surface area contributed by atoms with Crippen LogP contribution in [-0.4, -0.2) is 35.1 Å². The molecule has 1 amide bonds. The van der Waals surface area contributed by atoms with Crippen molar-refractivity contribution in [1.29, 1.82) is 0 Å². The minimum absolute atomic E-state index is 0.108. The second kappa shape index (κ2) is 11.9. The summed E-state index contributed by atoms with van der Waals surface area (Å²) in [6.45, 7) is 8.39. The number of amides is 1. The predicted molar refractivity (Wildman–Crippen MR) is 147 cm³/mol. The molecule has 2 heterocycles. The summed E-state index contributed by atoms with van der Waals surface area (Å²) in [4.78, 5) is 40.1. The predicted octanol–water partition coefficient (Wildman–Crippen LogP) is 7.04. The van der Waals surface area contributed by atoms with Gasteiger partial charge in [0.15, 0.2) is 0 Å². The number of rotatable bonds is 9. The lowest BCUT2D eigenvalue weighted by atomic mass is 9.98. The van der Waals surface area contributed by atoms with E-state index >= 15 is 0 Å². The standard InChI is InChI=1S/C29H36N2O5S/c1-5-7-17-31-22-16-12-11-15-21(22)18(3)24(31)26(32)30-27-23(28(33)35-6-2)19(4)25(37-27)29(34)36-20-13-9-8-10-14-20/h11-12,15-16,20H,5-10,13-14,17H2,1-4H3,(H,30,32). The number of nitrogens with zero attached hydrogens (tertiary/aromatic N) is 1. The molecular formula is C29H36N2O5S. The number of aryl methyl sites for hydroxylation is 2. The van der Waals surface area contributed by atoms with Crippen LogP contribution in [-0.2, 0) is 16.0 Å². The van der Waals surface area contributed by atoms with Gasteiger partial charge >= 0.3 is 11.9 Å². The molecule has 0 bridgehead atoms. The van der Waals surface area contributed by atoms with E-state index in [1.54, 1.807) is 13.8 Å². The molecule has 1 fully saturated rings. The van der Waals surface area contributed by atoms with Crippen molar-refractivity contribution in [3.05, 3.63) is 51.5 Å². The van der Waals surface area contributed by atoms with Crippen molar-refractivity contribution in [2.75, 3.05) is 11.9 Å². The van der Waals surface area contributed by atoms with E-state index < -0.39 is 11.9 Å². The molecule has 0 spiro atoms. The number of nitrogens with one attached hydrogen (secondary N) is 1. The Morgan fingerprint density at radius 1 is 1.03 bits per heavy atom. The van der Waals surface area contributed by atoms with Crippen molar-refractivity contribution in [3.63, 3.8) is 0 Å². The maximum absolute atomic E-state index is 13.7. The molecule has 0 saturated heterocycles. The second-order valence-corrected chi connectivity index (χ2v) is 10.6. The van der Waals surface area contributed by atoms with Gasteiger partial charge in [-0.15, -0.1) is 11.3 Å². The number of hydrogen-bond donors (Lipinski definition) is 1. The number of esters is 2. The van der Waals surface area contributed by atoms with Gasteiger partial charge in [0.2, 0.25) is 0 Å². The van der Waals surface area contributed by atoms with Gasteiger partial charge in [0.05, 0.1) is 12.2 Å². The highest BCUT2D eigenvalue weighted by atomic mass is 32.1. The van der Waals surface area contributed by atoms with E-state index in [1.807, 2.05) is 35.8 Å². The van der Waals surface area contributed by atoms with Gasteiger partial charge in [-0.25, -0.2) is 9.59 Å². The van der Waals surface area contributed by atoms with Gasteiger partial charge in [0, 0.05) is 17.4 Å². The van der Waals surface area contributed by atoms with E-state index in [0.717, 1.165) is 72.7 Å². The first kappa shape index (κ1) is 26.9. The van der Waals surface area contributed by atoms with Gasteiger partial charge in [0.25, 0.3) is 5.91 Å². The highest BCUT2D eigenvalue weighted by Crippen LogP contribution is 2.36. The molecule has 4 rings (SSSR count). The molecule has 198 valence electrons. The minimum atomic E-state index is -0.563. The normalized spacial score (nSPS) is 14.1. The molecule has 3 aromatic rings. The number of aromatic nitrogens is 1. The average Bonchev–Trinajstić information content (AvgIpc) is 3.37. The Kier molecular flexibility index (Phi) is 8.69. The third-order valence-corrected chi connectivity index (χ3v) is 8.23. The van der Waals surface area contributed by atoms with Gasteiger partial charge in [-0.3, -0.25) is 4.79 Å². The number of ether oxygens (including phenoxy) is 2. The van der Waals surface area contributed by atoms with Crippen LogP contribution in [0.2, 0.25) is 0 Å². The van der Waals surface area contributed by atoms with Gasteiger partial charge in [-0.1, -0.05) is 38.0 Å². The number of para-hydroxylation sites is 1. The summed E-state index contributed by atoms with van der Waals surface area (Å²) in [6.07, 6.45) is 6.77. The topological polar surface area (TPSA) is 86.6 Å². The lowest BCUT2D eigenvalue weighted by Gasteiger charge is -2.21. The molecule has 0 unspecified atom stereocenters. The SMILES string of the molecule is CCCCn1c(C(=O)Nc2sc(C(=O)OC3CCCCC3)c(C)c2C(=O)OCC)c(C)c2ccccc21. The maximum Gasteiger partial charge on any atom is 0.348 e. The van der Waals surface area contributed by atoms with Gasteiger partial charge < -0.3 is 19.4 Å². The smallest absolute Gasteiger partial charge is 0.348 e. The summed E-state index contributed by atoms with van der Waals surface area (Å²) in [5, 5.41) is 4.28. The monoisotopic (exact) mass is 524 g/mol. The third kappa shape index (κ3) is 5.59. The van der Waals surface area contributed by atoms with E-state index in [0.29, 0.717) is 27.7 Å². The molecule has 37 heavy (non-hydrogen) atoms. The van der Waals surface area contributed by atoms with Crippen LogP contribution in [0.3, 0.4) is 0 Å². The zero-order valence-electron chi connectivity index (χ0n) is 22.1. The fraction of sp³-hybridized carbons (Fsp3) is 0.483. The van der Waals surface area contributed by atoms with Crippen LogP contribution in [0.15, 0.2) is 24.3 Å². The molecule has 2 aromatic heterocycles. The Morgan fingerprint density at radius 3 is 2.46 bits per heavy atom. The van der Waals surface area contributed by atoms with Crippen molar-refractivity contribution in [2.24, 2.45) is 0 Å². The maximum atomic E-state index is 13.7. The molecule has 0 atom stereocenters. The number of unbranched alkanes of at least 4 members (excludes halogenated alkanes) is 1. The van der Waals surface area contributed by atoms with Crippen LogP contribution in [0.1, 0.15) is 100 Å². The van der Waals surface area contributed by atoms with Crippen molar-refractivity contribution < 1.29 is 23.9 Å². The first-order valence-electron chi connectivity index (χ1n) is 13.3. The van der Waals surface area contributed by atoms with Crippen molar-refractivity contribution in [3.8, 4) is 0 Å². The Bertz CT molecular complexity index is 1300. The third-order valence-electron chi connectivity index (χ3n) is 7.04. The number of carbonyl (C=O) groups excluding carboxylic acids is 3. The summed E-state index contributed by atoms with van der Waals surface area (Å²) in [5.41, 5.74) is 3.13. The van der Waals surface area contributed by atoms with Crippen LogP contribution in [0, 0.1) is 13.8 Å². The molecule has 1 aromatic carbocycles. The molecule has 1 aliphatic rings. The molecule has 0 radical (unpaired) electrons. The summed E-state index contributed by atoms with van der Waals surface area (Å²) in [7, 11) is 0. The summed E-state index contributed by atoms with van der Waals surface area (Å²) in [6, 6.07) is 7.97. The van der Waals surface area contributed by atoms with E-state index in [-0.39, 0.29) is 24.2 Å². The van der Waals surface area contributed by atoms with E-state index in [1.165, 1.54) is 0 Å². The van der Waals surface area contributed by atoms with E-state index in [4.69, 9.17) is 9.47 Å². The molecule has 7 nitrogen and oxygen atoms in total. The zero-order valence-corrected chi connectivity index (χ0v) is 23.0. The largest absolute Gasteiger partial charge is 0.462 e. The number of hydrogen-bond acceptors (Lipinski definition) is 6. The minimum Gasteiger partial charge on any atom is -0.462 e. The van der Waals surface area contributed by atoms with Crippen LogP contribution < -0.4 is 5.32 Å². The van der Waals surface area contributed by atoms with Crippen molar-refractivity contribution >= 4 is 45.1 Å². The van der Waals surface area contributed by atoms with Crippen LogP contribution >= 0.6 is 11.3 Å². The van der Waals surface area contributed by atoms with Crippen molar-refractivity contribution in [2.45, 2.75) is 85.3 Å². The Hall–Kier alpha value is -3.13. The lowest BCUT2D eigenvalue weighted by molar-refractivity contribution is 0.0216. The number of anilines is 1. The summed E-state index contributed by atoms with van der Waals surface area (Å²) < 4.78 is 13.1. The molecule has 8 heteroatoms. The van der Waals surface area contributed by atoms with E-state index in [9.17, 15) is 14.4 Å². The number of thiophene rings is 1. The zero-order chi connectivity index (χ0) is 26.5. The van der Waals surface area contributed by atoms with Crippen LogP contribution in [0.25, 0.3) is 10.9 Å². The Balaban J connectivity index is 1.70. The average molecular weight is 525 g/mol. The van der Waals surface area contributed by atoms with Gasteiger partial charge in [0.1, 0.15) is 21.7 Å². The number of carbonyl (C=O) groups is 3. The van der Waals surface area contributed by atoms with Gasteiger partial charge in [-0.2, -0.15) is 0 Å². The highest BCUT2D eigenvalue weighted by Gasteiger charge is 2.30. The molecule has 1 saturated carbocycles. The number of benzene rings is 1. The first-order chi connectivity index (χ1) is 17.9. The second-order valence-electron chi connectivity index (χ2n) is 9.60. The van der Waals surface area contributed by atoms with Crippen LogP contribution in [0.4, 0.5) is 5.00 Å². The lowest BCUT2D eigenvalue weighted by Crippen LogP contribution is -2.21. The van der Waals surface area contributed by atoms with Gasteiger partial charge in [-0.05, 0) is 70.1 Å².